The van der Waals surface area contributed by atoms with E-state index in [1.165, 1.54) is 12.3 Å². The second-order valence-corrected chi connectivity index (χ2v) is 5.40. The molecule has 0 aromatic carbocycles. The van der Waals surface area contributed by atoms with Crippen LogP contribution in [-0.4, -0.2) is 15.0 Å². The summed E-state index contributed by atoms with van der Waals surface area (Å²) >= 11 is 1.56. The van der Waals surface area contributed by atoms with Crippen LogP contribution in [0.2, 0.25) is 0 Å². The lowest BCUT2D eigenvalue weighted by atomic mass is 10.1. The van der Waals surface area contributed by atoms with Gasteiger partial charge in [0, 0.05) is 17.1 Å². The summed E-state index contributed by atoms with van der Waals surface area (Å²) < 4.78 is 14.3. The monoisotopic (exact) mass is 284 g/mol. The van der Waals surface area contributed by atoms with Crippen molar-refractivity contribution >= 4 is 38.3 Å². The van der Waals surface area contributed by atoms with Gasteiger partial charge in [-0.1, -0.05) is 0 Å². The van der Waals surface area contributed by atoms with E-state index in [1.54, 1.807) is 17.5 Å². The molecule has 3 N–H and O–H groups in total. The Bertz CT molecular complexity index is 941. The first-order valence-electron chi connectivity index (χ1n) is 5.99. The van der Waals surface area contributed by atoms with Gasteiger partial charge >= 0.3 is 0 Å². The van der Waals surface area contributed by atoms with Crippen LogP contribution in [0.4, 0.5) is 10.1 Å². The number of rotatable bonds is 1. The normalized spacial score (nSPS) is 11.4. The predicted molar refractivity (Wildman–Crippen MR) is 79.1 cm³/mol. The Morgan fingerprint density at radius 2 is 2.20 bits per heavy atom. The van der Waals surface area contributed by atoms with Crippen molar-refractivity contribution in [2.24, 2.45) is 0 Å². The van der Waals surface area contributed by atoms with Gasteiger partial charge in [-0.2, -0.15) is 0 Å². The van der Waals surface area contributed by atoms with Crippen molar-refractivity contribution in [3.8, 4) is 11.3 Å². The zero-order valence-corrected chi connectivity index (χ0v) is 11.0. The van der Waals surface area contributed by atoms with Crippen LogP contribution in [0, 0.1) is 5.82 Å². The van der Waals surface area contributed by atoms with Crippen molar-refractivity contribution in [3.05, 3.63) is 41.8 Å². The summed E-state index contributed by atoms with van der Waals surface area (Å²) in [6.45, 7) is 0. The highest BCUT2D eigenvalue weighted by Crippen LogP contribution is 2.32. The van der Waals surface area contributed by atoms with Gasteiger partial charge in [0.15, 0.2) is 0 Å². The molecule has 20 heavy (non-hydrogen) atoms. The number of nitrogen functional groups attached to an aromatic ring is 1. The Morgan fingerprint density at radius 1 is 1.30 bits per heavy atom. The molecule has 0 aliphatic carbocycles. The van der Waals surface area contributed by atoms with E-state index in [9.17, 15) is 4.39 Å². The summed E-state index contributed by atoms with van der Waals surface area (Å²) in [5.41, 5.74) is 9.73. The molecule has 4 nitrogen and oxygen atoms in total. The second-order valence-electron chi connectivity index (χ2n) is 4.48. The number of thiophene rings is 1. The number of hydrogen-bond donors (Lipinski definition) is 2. The van der Waals surface area contributed by atoms with Crippen molar-refractivity contribution in [1.29, 1.82) is 0 Å². The van der Waals surface area contributed by atoms with Gasteiger partial charge in [0.2, 0.25) is 0 Å². The molecular weight excluding hydrogens is 275 g/mol. The number of hydrogen-bond acceptors (Lipinski definition) is 4. The molecule has 0 atom stereocenters. The number of pyridine rings is 2. The molecule has 0 aliphatic rings. The number of nitrogens with two attached hydrogens (primary N) is 1. The van der Waals surface area contributed by atoms with E-state index in [4.69, 9.17) is 5.73 Å². The zero-order chi connectivity index (χ0) is 13.7. The molecule has 4 aromatic heterocycles. The average Bonchev–Trinajstić information content (AvgIpc) is 3.04. The van der Waals surface area contributed by atoms with E-state index in [0.29, 0.717) is 22.4 Å². The van der Waals surface area contributed by atoms with E-state index >= 15 is 0 Å². The molecule has 0 amide bonds. The first-order chi connectivity index (χ1) is 9.72. The molecule has 0 unspecified atom stereocenters. The Balaban J connectivity index is 2.03. The van der Waals surface area contributed by atoms with Crippen LogP contribution in [0.3, 0.4) is 0 Å². The summed E-state index contributed by atoms with van der Waals surface area (Å²) in [4.78, 5) is 11.6. The molecular formula is C14H9FN4S. The van der Waals surface area contributed by atoms with E-state index < -0.39 is 0 Å². The number of nitrogens with zero attached hydrogens (tertiary/aromatic N) is 2. The van der Waals surface area contributed by atoms with Crippen LogP contribution in [0.1, 0.15) is 0 Å². The summed E-state index contributed by atoms with van der Waals surface area (Å²) in [5, 5.41) is 2.65. The molecule has 0 saturated carbocycles. The van der Waals surface area contributed by atoms with Crippen LogP contribution in [0.15, 0.2) is 36.0 Å². The van der Waals surface area contributed by atoms with Gasteiger partial charge in [0.25, 0.3) is 0 Å². The average molecular weight is 284 g/mol. The highest BCUT2D eigenvalue weighted by molar-refractivity contribution is 7.17. The molecule has 0 saturated heterocycles. The van der Waals surface area contributed by atoms with Crippen LogP contribution in [0.5, 0.6) is 0 Å². The minimum absolute atomic E-state index is 0.372. The largest absolute Gasteiger partial charge is 0.397 e. The summed E-state index contributed by atoms with van der Waals surface area (Å²) in [7, 11) is 0. The van der Waals surface area contributed by atoms with E-state index in [1.807, 2.05) is 17.5 Å². The van der Waals surface area contributed by atoms with Gasteiger partial charge in [-0.3, -0.25) is 0 Å². The summed E-state index contributed by atoms with van der Waals surface area (Å²) in [6.07, 6.45) is 2.96. The second kappa shape index (κ2) is 4.01. The maximum absolute atomic E-state index is 13.4. The van der Waals surface area contributed by atoms with Crippen LogP contribution in [0.25, 0.3) is 32.5 Å². The number of H-pyrrole nitrogens is 1. The Hall–Kier alpha value is -2.47. The van der Waals surface area contributed by atoms with Crippen LogP contribution < -0.4 is 5.73 Å². The van der Waals surface area contributed by atoms with E-state index in [0.717, 1.165) is 15.8 Å². The number of halogens is 1. The van der Waals surface area contributed by atoms with Gasteiger partial charge in [-0.15, -0.1) is 11.3 Å². The fourth-order valence-corrected chi connectivity index (χ4v) is 3.07. The third-order valence-electron chi connectivity index (χ3n) is 3.21. The Labute approximate surface area is 117 Å². The van der Waals surface area contributed by atoms with Gasteiger partial charge in [-0.25, -0.2) is 14.4 Å². The molecule has 0 fully saturated rings. The molecule has 0 aliphatic heterocycles. The molecule has 0 radical (unpaired) electrons. The number of nitrogens with one attached hydrogen (secondary N) is 1. The molecule has 0 bridgehead atoms. The first-order valence-corrected chi connectivity index (χ1v) is 6.87. The predicted octanol–water partition coefficient (Wildman–Crippen LogP) is 3.56. The highest BCUT2D eigenvalue weighted by Gasteiger charge is 2.12. The molecule has 98 valence electrons. The number of aromatic nitrogens is 3. The maximum Gasteiger partial charge on any atom is 0.142 e. The van der Waals surface area contributed by atoms with Gasteiger partial charge in [-0.05, 0) is 23.6 Å². The number of anilines is 1. The smallest absolute Gasteiger partial charge is 0.142 e. The van der Waals surface area contributed by atoms with Crippen molar-refractivity contribution in [3.63, 3.8) is 0 Å². The number of fused-ring (bicyclic) bond motifs is 2. The Morgan fingerprint density at radius 3 is 3.10 bits per heavy atom. The standard InChI is InChI=1S/C14H9FN4S/c15-7-3-8-9(6-18-14(8)17-5-7)12-4-10(16)13-11(19-12)1-2-20-13/h1-6H,(H2,16,19)(H,17,18). The molecule has 0 spiro atoms. The summed E-state index contributed by atoms with van der Waals surface area (Å²) in [6, 6.07) is 5.18. The Kier molecular flexibility index (Phi) is 2.28. The van der Waals surface area contributed by atoms with E-state index in [2.05, 4.69) is 15.0 Å². The van der Waals surface area contributed by atoms with Gasteiger partial charge in [0.05, 0.1) is 27.8 Å². The SMILES string of the molecule is Nc1cc(-c2c[nH]c3ncc(F)cc23)nc2ccsc12. The lowest BCUT2D eigenvalue weighted by Crippen LogP contribution is -1.90. The van der Waals surface area contributed by atoms with Crippen LogP contribution in [-0.2, 0) is 0 Å². The highest BCUT2D eigenvalue weighted by atomic mass is 32.1. The zero-order valence-electron chi connectivity index (χ0n) is 10.2. The molecule has 4 heterocycles. The summed E-state index contributed by atoms with van der Waals surface area (Å²) in [5.74, 6) is -0.372. The quantitative estimate of drug-likeness (QED) is 0.561. The minimum atomic E-state index is -0.372. The van der Waals surface area contributed by atoms with Crippen molar-refractivity contribution < 1.29 is 4.39 Å². The third-order valence-corrected chi connectivity index (χ3v) is 4.17. The fraction of sp³-hybridized carbons (Fsp3) is 0. The van der Waals surface area contributed by atoms with Gasteiger partial charge < -0.3 is 10.7 Å². The van der Waals surface area contributed by atoms with Crippen molar-refractivity contribution in [1.82, 2.24) is 15.0 Å². The minimum Gasteiger partial charge on any atom is -0.397 e. The van der Waals surface area contributed by atoms with Crippen molar-refractivity contribution in [2.45, 2.75) is 0 Å². The van der Waals surface area contributed by atoms with Gasteiger partial charge in [0.1, 0.15) is 11.5 Å². The van der Waals surface area contributed by atoms with Crippen LogP contribution >= 0.6 is 11.3 Å². The number of aromatic amines is 1. The topological polar surface area (TPSA) is 67.6 Å². The molecule has 4 aromatic rings. The van der Waals surface area contributed by atoms with Crippen molar-refractivity contribution in [2.75, 3.05) is 5.73 Å². The lowest BCUT2D eigenvalue weighted by Gasteiger charge is -2.02. The fourth-order valence-electron chi connectivity index (χ4n) is 2.31. The third kappa shape index (κ3) is 1.58. The maximum atomic E-state index is 13.4. The molecule has 4 rings (SSSR count). The lowest BCUT2D eigenvalue weighted by molar-refractivity contribution is 0.624. The molecule has 6 heteroatoms. The first kappa shape index (κ1) is 11.4. The van der Waals surface area contributed by atoms with E-state index in [-0.39, 0.29) is 5.82 Å².